The maximum Gasteiger partial charge on any atom is 0.104 e. The van der Waals surface area contributed by atoms with Gasteiger partial charge in [-0.05, 0) is 17.8 Å². The van der Waals surface area contributed by atoms with E-state index < -0.39 is 0 Å². The van der Waals surface area contributed by atoms with Crippen molar-refractivity contribution >= 4 is 0 Å². The van der Waals surface area contributed by atoms with Crippen molar-refractivity contribution in [1.29, 1.82) is 0 Å². The highest BCUT2D eigenvalue weighted by molar-refractivity contribution is 4.73. The van der Waals surface area contributed by atoms with Gasteiger partial charge in [-0.1, -0.05) is 40.5 Å². The van der Waals surface area contributed by atoms with Crippen molar-refractivity contribution in [3.63, 3.8) is 0 Å². The first-order valence-corrected chi connectivity index (χ1v) is 6.23. The molecule has 15 heavy (non-hydrogen) atoms. The van der Waals surface area contributed by atoms with Crippen molar-refractivity contribution in [2.45, 2.75) is 53.1 Å². The second-order valence-electron chi connectivity index (χ2n) is 5.73. The third-order valence-corrected chi connectivity index (χ3v) is 2.88. The molecule has 0 aromatic carbocycles. The molecule has 1 saturated heterocycles. The van der Waals surface area contributed by atoms with Crippen LogP contribution in [0.2, 0.25) is 0 Å². The van der Waals surface area contributed by atoms with E-state index in [-0.39, 0.29) is 0 Å². The molecule has 2 nitrogen and oxygen atoms in total. The zero-order valence-corrected chi connectivity index (χ0v) is 10.7. The van der Waals surface area contributed by atoms with Crippen LogP contribution in [-0.4, -0.2) is 25.9 Å². The summed E-state index contributed by atoms with van der Waals surface area (Å²) >= 11 is 0. The lowest BCUT2D eigenvalue weighted by molar-refractivity contribution is 0.0410. The SMILES string of the molecule is CCCC(C)CC(C)(C)COCC1CO1. The van der Waals surface area contributed by atoms with E-state index in [4.69, 9.17) is 9.47 Å². The minimum Gasteiger partial charge on any atom is -0.378 e. The Morgan fingerprint density at radius 2 is 2.13 bits per heavy atom. The first kappa shape index (κ1) is 13.0. The summed E-state index contributed by atoms with van der Waals surface area (Å²) in [5.74, 6) is 0.811. The molecule has 0 spiro atoms. The summed E-state index contributed by atoms with van der Waals surface area (Å²) in [4.78, 5) is 0. The number of hydrogen-bond acceptors (Lipinski definition) is 2. The summed E-state index contributed by atoms with van der Waals surface area (Å²) in [5.41, 5.74) is 0.309. The highest BCUT2D eigenvalue weighted by atomic mass is 16.6. The molecule has 90 valence electrons. The van der Waals surface area contributed by atoms with Gasteiger partial charge in [-0.15, -0.1) is 0 Å². The zero-order valence-electron chi connectivity index (χ0n) is 10.7. The quantitative estimate of drug-likeness (QED) is 0.578. The van der Waals surface area contributed by atoms with Crippen LogP contribution >= 0.6 is 0 Å². The predicted molar refractivity (Wildman–Crippen MR) is 63.0 cm³/mol. The summed E-state index contributed by atoms with van der Waals surface area (Å²) in [7, 11) is 0. The van der Waals surface area contributed by atoms with Crippen LogP contribution in [0.1, 0.15) is 47.0 Å². The fraction of sp³-hybridized carbons (Fsp3) is 1.00. The molecule has 0 radical (unpaired) electrons. The third-order valence-electron chi connectivity index (χ3n) is 2.88. The maximum absolute atomic E-state index is 5.68. The molecule has 0 amide bonds. The molecule has 0 N–H and O–H groups in total. The van der Waals surface area contributed by atoms with E-state index in [0.29, 0.717) is 11.5 Å². The highest BCUT2D eigenvalue weighted by Crippen LogP contribution is 2.28. The van der Waals surface area contributed by atoms with Gasteiger partial charge in [0.2, 0.25) is 0 Å². The first-order valence-electron chi connectivity index (χ1n) is 6.23. The van der Waals surface area contributed by atoms with Gasteiger partial charge >= 0.3 is 0 Å². The Morgan fingerprint density at radius 1 is 1.47 bits per heavy atom. The Kier molecular flexibility index (Phi) is 5.07. The second-order valence-corrected chi connectivity index (χ2v) is 5.73. The minimum atomic E-state index is 0.309. The summed E-state index contributed by atoms with van der Waals surface area (Å²) in [6.45, 7) is 11.7. The van der Waals surface area contributed by atoms with Crippen molar-refractivity contribution in [3.8, 4) is 0 Å². The Morgan fingerprint density at radius 3 is 2.67 bits per heavy atom. The van der Waals surface area contributed by atoms with Crippen LogP contribution in [0.5, 0.6) is 0 Å². The summed E-state index contributed by atoms with van der Waals surface area (Å²) < 4.78 is 10.8. The van der Waals surface area contributed by atoms with Gasteiger partial charge in [-0.3, -0.25) is 0 Å². The molecule has 1 aliphatic rings. The predicted octanol–water partition coefficient (Wildman–Crippen LogP) is 3.25. The van der Waals surface area contributed by atoms with Crippen LogP contribution in [0.3, 0.4) is 0 Å². The van der Waals surface area contributed by atoms with Crippen LogP contribution in [0, 0.1) is 11.3 Å². The first-order chi connectivity index (χ1) is 7.03. The molecule has 2 atom stereocenters. The molecule has 0 aromatic rings. The molecule has 2 unspecified atom stereocenters. The summed E-state index contributed by atoms with van der Waals surface area (Å²) in [6.07, 6.45) is 4.27. The van der Waals surface area contributed by atoms with Gasteiger partial charge in [-0.25, -0.2) is 0 Å². The molecule has 1 aliphatic heterocycles. The van der Waals surface area contributed by atoms with E-state index in [1.165, 1.54) is 19.3 Å². The molecule has 2 heteroatoms. The zero-order chi connectivity index (χ0) is 11.3. The van der Waals surface area contributed by atoms with Crippen molar-refractivity contribution in [2.24, 2.45) is 11.3 Å². The Bertz CT molecular complexity index is 173. The lowest BCUT2D eigenvalue weighted by Crippen LogP contribution is -2.23. The molecule has 1 heterocycles. The molecule has 0 bridgehead atoms. The summed E-state index contributed by atoms with van der Waals surface area (Å²) in [5, 5.41) is 0. The van der Waals surface area contributed by atoms with Gasteiger partial charge in [0, 0.05) is 0 Å². The van der Waals surface area contributed by atoms with Crippen molar-refractivity contribution < 1.29 is 9.47 Å². The smallest absolute Gasteiger partial charge is 0.104 e. The topological polar surface area (TPSA) is 21.8 Å². The fourth-order valence-electron chi connectivity index (χ4n) is 2.23. The molecule has 1 rings (SSSR count). The van der Waals surface area contributed by atoms with E-state index in [0.717, 1.165) is 25.7 Å². The Hall–Kier alpha value is -0.0800. The van der Waals surface area contributed by atoms with Gasteiger partial charge in [-0.2, -0.15) is 0 Å². The van der Waals surface area contributed by atoms with Crippen molar-refractivity contribution in [1.82, 2.24) is 0 Å². The fourth-order valence-corrected chi connectivity index (χ4v) is 2.23. The molecule has 1 fully saturated rings. The molecular formula is C13H26O2. The van der Waals surface area contributed by atoms with Crippen LogP contribution in [0.25, 0.3) is 0 Å². The van der Waals surface area contributed by atoms with E-state index in [1.54, 1.807) is 0 Å². The van der Waals surface area contributed by atoms with Gasteiger partial charge in [0.25, 0.3) is 0 Å². The molecular weight excluding hydrogens is 188 g/mol. The van der Waals surface area contributed by atoms with E-state index in [2.05, 4.69) is 27.7 Å². The van der Waals surface area contributed by atoms with Gasteiger partial charge in [0.15, 0.2) is 0 Å². The van der Waals surface area contributed by atoms with Crippen LogP contribution in [-0.2, 0) is 9.47 Å². The Balaban J connectivity index is 2.11. The lowest BCUT2D eigenvalue weighted by Gasteiger charge is -2.27. The van der Waals surface area contributed by atoms with E-state index in [1.807, 2.05) is 0 Å². The number of hydrogen-bond donors (Lipinski definition) is 0. The number of epoxide rings is 1. The normalized spacial score (nSPS) is 22.8. The van der Waals surface area contributed by atoms with Crippen molar-refractivity contribution in [3.05, 3.63) is 0 Å². The van der Waals surface area contributed by atoms with Crippen molar-refractivity contribution in [2.75, 3.05) is 19.8 Å². The molecule has 0 saturated carbocycles. The largest absolute Gasteiger partial charge is 0.378 e. The van der Waals surface area contributed by atoms with E-state index in [9.17, 15) is 0 Å². The van der Waals surface area contributed by atoms with Crippen LogP contribution < -0.4 is 0 Å². The lowest BCUT2D eigenvalue weighted by atomic mass is 9.82. The number of rotatable bonds is 8. The third kappa shape index (κ3) is 6.16. The highest BCUT2D eigenvalue weighted by Gasteiger charge is 2.25. The maximum atomic E-state index is 5.68. The second kappa shape index (κ2) is 5.86. The van der Waals surface area contributed by atoms with E-state index >= 15 is 0 Å². The monoisotopic (exact) mass is 214 g/mol. The van der Waals surface area contributed by atoms with Crippen LogP contribution in [0.4, 0.5) is 0 Å². The average Bonchev–Trinajstić information content (AvgIpc) is 2.86. The minimum absolute atomic E-state index is 0.309. The standard InChI is InChI=1S/C13H26O2/c1-5-6-11(2)7-13(3,4)10-14-8-12-9-15-12/h11-12H,5-10H2,1-4H3. The molecule has 0 aromatic heterocycles. The Labute approximate surface area is 94.3 Å². The summed E-state index contributed by atoms with van der Waals surface area (Å²) in [6, 6.07) is 0. The van der Waals surface area contributed by atoms with Gasteiger partial charge in [0.05, 0.1) is 19.8 Å². The van der Waals surface area contributed by atoms with Gasteiger partial charge < -0.3 is 9.47 Å². The average molecular weight is 214 g/mol. The molecule has 0 aliphatic carbocycles. The number of ether oxygens (including phenoxy) is 2. The van der Waals surface area contributed by atoms with Gasteiger partial charge in [0.1, 0.15) is 6.10 Å². The van der Waals surface area contributed by atoms with Crippen LogP contribution in [0.15, 0.2) is 0 Å².